The second-order valence-electron chi connectivity index (χ2n) is 9.05. The lowest BCUT2D eigenvalue weighted by Gasteiger charge is -2.20. The fourth-order valence-corrected chi connectivity index (χ4v) is 4.04. The number of carbonyl (C=O) groups is 1. The molecule has 202 valence electrons. The van der Waals surface area contributed by atoms with Gasteiger partial charge in [0.25, 0.3) is 11.8 Å². The molecule has 1 saturated carbocycles. The average molecular weight is 541 g/mol. The van der Waals surface area contributed by atoms with Crippen LogP contribution in [0.4, 0.5) is 36.4 Å². The summed E-state index contributed by atoms with van der Waals surface area (Å²) in [7, 11) is 0. The molecule has 38 heavy (non-hydrogen) atoms. The summed E-state index contributed by atoms with van der Waals surface area (Å²) in [6, 6.07) is 7.53. The number of amides is 1. The van der Waals surface area contributed by atoms with Gasteiger partial charge in [0.1, 0.15) is 23.1 Å². The number of benzene rings is 3. The minimum Gasteiger partial charge on any atom is -0.456 e. The maximum Gasteiger partial charge on any atom is 0.416 e. The molecule has 0 bridgehead atoms. The highest BCUT2D eigenvalue weighted by molar-refractivity contribution is 6.06. The number of ether oxygens (including phenoxy) is 1. The van der Waals surface area contributed by atoms with Gasteiger partial charge in [0.05, 0.1) is 16.7 Å². The average Bonchev–Trinajstić information content (AvgIpc) is 3.66. The van der Waals surface area contributed by atoms with Crippen molar-refractivity contribution in [3.05, 3.63) is 88.0 Å². The van der Waals surface area contributed by atoms with E-state index in [9.17, 15) is 35.5 Å². The highest BCUT2D eigenvalue weighted by atomic mass is 19.4. The zero-order chi connectivity index (χ0) is 27.8. The number of aliphatic hydroxyl groups excluding tert-OH is 1. The zero-order valence-corrected chi connectivity index (χ0v) is 19.9. The number of hydrogen-bond acceptors (Lipinski definition) is 3. The third-order valence-corrected chi connectivity index (χ3v) is 6.12. The maximum absolute atomic E-state index is 14.3. The Morgan fingerprint density at radius 2 is 1.68 bits per heavy atom. The molecule has 4 nitrogen and oxygen atoms in total. The van der Waals surface area contributed by atoms with Crippen molar-refractivity contribution in [3.8, 4) is 11.5 Å². The van der Waals surface area contributed by atoms with E-state index in [0.29, 0.717) is 36.6 Å². The van der Waals surface area contributed by atoms with Crippen LogP contribution in [0.1, 0.15) is 57.8 Å². The summed E-state index contributed by atoms with van der Waals surface area (Å²) >= 11 is 0. The Hall–Kier alpha value is -3.60. The van der Waals surface area contributed by atoms with Gasteiger partial charge in [-0.25, -0.2) is 17.6 Å². The second-order valence-corrected chi connectivity index (χ2v) is 9.05. The van der Waals surface area contributed by atoms with E-state index in [4.69, 9.17) is 9.84 Å². The first-order valence-corrected chi connectivity index (χ1v) is 11.6. The smallest absolute Gasteiger partial charge is 0.416 e. The van der Waals surface area contributed by atoms with Crippen LogP contribution in [0.3, 0.4) is 0 Å². The molecule has 1 fully saturated rings. The van der Waals surface area contributed by atoms with Crippen LogP contribution in [0.5, 0.6) is 11.5 Å². The van der Waals surface area contributed by atoms with E-state index in [1.54, 1.807) is 0 Å². The van der Waals surface area contributed by atoms with Gasteiger partial charge in [0.2, 0.25) is 0 Å². The molecule has 0 aromatic heterocycles. The molecule has 0 aliphatic heterocycles. The van der Waals surface area contributed by atoms with Crippen molar-refractivity contribution in [2.45, 2.75) is 44.2 Å². The van der Waals surface area contributed by atoms with Crippen LogP contribution >= 0.6 is 0 Å². The normalized spacial score (nSPS) is 13.9. The second kappa shape index (κ2) is 10.3. The molecule has 0 saturated heterocycles. The van der Waals surface area contributed by atoms with Crippen molar-refractivity contribution in [1.82, 2.24) is 0 Å². The molecular formula is C27H22F7NO3. The van der Waals surface area contributed by atoms with Crippen LogP contribution in [-0.2, 0) is 12.1 Å². The SMILES string of the molecule is Cc1cc(F)ccc1Oc1cc(C2CC2)c(C(F)(F)F)cc1C(=O)Nc1ccc(F)c(C(F)(F)CCO)c1. The van der Waals surface area contributed by atoms with Gasteiger partial charge in [-0.15, -0.1) is 0 Å². The van der Waals surface area contributed by atoms with E-state index in [1.807, 2.05) is 0 Å². The van der Waals surface area contributed by atoms with E-state index in [2.05, 4.69) is 5.32 Å². The Balaban J connectivity index is 1.77. The first kappa shape index (κ1) is 27.4. The van der Waals surface area contributed by atoms with E-state index >= 15 is 0 Å². The number of carbonyl (C=O) groups excluding carboxylic acids is 1. The summed E-state index contributed by atoms with van der Waals surface area (Å²) in [6.07, 6.45) is -4.84. The van der Waals surface area contributed by atoms with Crippen LogP contribution in [0.25, 0.3) is 0 Å². The van der Waals surface area contributed by atoms with Gasteiger partial charge < -0.3 is 15.2 Å². The van der Waals surface area contributed by atoms with Crippen molar-refractivity contribution in [2.24, 2.45) is 0 Å². The van der Waals surface area contributed by atoms with Crippen LogP contribution < -0.4 is 10.1 Å². The number of aryl methyl sites for hydroxylation is 1. The molecule has 0 spiro atoms. The zero-order valence-electron chi connectivity index (χ0n) is 19.9. The molecular weight excluding hydrogens is 519 g/mol. The summed E-state index contributed by atoms with van der Waals surface area (Å²) in [5.74, 6) is -7.28. The lowest BCUT2D eigenvalue weighted by Crippen LogP contribution is -2.19. The van der Waals surface area contributed by atoms with Gasteiger partial charge in [-0.3, -0.25) is 4.79 Å². The van der Waals surface area contributed by atoms with Crippen molar-refractivity contribution < 1.29 is 45.4 Å². The predicted molar refractivity (Wildman–Crippen MR) is 125 cm³/mol. The molecule has 0 atom stereocenters. The van der Waals surface area contributed by atoms with Gasteiger partial charge >= 0.3 is 6.18 Å². The number of anilines is 1. The van der Waals surface area contributed by atoms with Crippen LogP contribution in [0.15, 0.2) is 48.5 Å². The quantitative estimate of drug-likeness (QED) is 0.288. The third kappa shape index (κ3) is 5.93. The highest BCUT2D eigenvalue weighted by Gasteiger charge is 2.40. The molecule has 2 N–H and O–H groups in total. The number of nitrogens with one attached hydrogen (secondary N) is 1. The third-order valence-electron chi connectivity index (χ3n) is 6.12. The Kier molecular flexibility index (Phi) is 7.42. The Labute approximate surface area is 213 Å². The molecule has 0 radical (unpaired) electrons. The number of alkyl halides is 5. The summed E-state index contributed by atoms with van der Waals surface area (Å²) in [5, 5.41) is 11.1. The molecule has 3 aromatic carbocycles. The van der Waals surface area contributed by atoms with Gasteiger partial charge in [-0.2, -0.15) is 13.2 Å². The first-order valence-electron chi connectivity index (χ1n) is 11.6. The van der Waals surface area contributed by atoms with Gasteiger partial charge in [0, 0.05) is 18.7 Å². The fourth-order valence-electron chi connectivity index (χ4n) is 4.04. The number of hydrogen-bond donors (Lipinski definition) is 2. The lowest BCUT2D eigenvalue weighted by atomic mass is 9.98. The molecule has 4 rings (SSSR count). The lowest BCUT2D eigenvalue weighted by molar-refractivity contribution is -0.138. The standard InChI is InChI=1S/C27H22F7NO3/c1-14-10-16(28)4-7-23(14)38-24-13-18(15-2-3-15)20(27(32,33)34)12-19(24)25(37)35-17-5-6-22(29)21(11-17)26(30,31)8-9-36/h4-7,10-13,15,36H,2-3,8-9H2,1H3,(H,35,37). The van der Waals surface area contributed by atoms with Crippen molar-refractivity contribution >= 4 is 11.6 Å². The van der Waals surface area contributed by atoms with Gasteiger partial charge in [0.15, 0.2) is 0 Å². The molecule has 0 unspecified atom stereocenters. The minimum absolute atomic E-state index is 0.0588. The van der Waals surface area contributed by atoms with E-state index in [0.717, 1.165) is 24.3 Å². The topological polar surface area (TPSA) is 58.6 Å². The first-order chi connectivity index (χ1) is 17.8. The minimum atomic E-state index is -4.80. The monoisotopic (exact) mass is 541 g/mol. The maximum atomic E-state index is 14.3. The Bertz CT molecular complexity index is 1370. The molecule has 11 heteroatoms. The van der Waals surface area contributed by atoms with Crippen LogP contribution in [-0.4, -0.2) is 17.6 Å². The summed E-state index contributed by atoms with van der Waals surface area (Å²) < 4.78 is 104. The van der Waals surface area contributed by atoms with Crippen LogP contribution in [0, 0.1) is 18.6 Å². The highest BCUT2D eigenvalue weighted by Crippen LogP contribution is 2.48. The summed E-state index contributed by atoms with van der Waals surface area (Å²) in [4.78, 5) is 13.2. The fraction of sp³-hybridized carbons (Fsp3) is 0.296. The van der Waals surface area contributed by atoms with E-state index in [1.165, 1.54) is 13.0 Å². The van der Waals surface area contributed by atoms with Crippen molar-refractivity contribution in [2.75, 3.05) is 11.9 Å². The Morgan fingerprint density at radius 1 is 0.974 bits per heavy atom. The molecule has 1 aliphatic rings. The molecule has 1 amide bonds. The van der Waals surface area contributed by atoms with Gasteiger partial charge in [-0.1, -0.05) is 0 Å². The van der Waals surface area contributed by atoms with Crippen molar-refractivity contribution in [3.63, 3.8) is 0 Å². The predicted octanol–water partition coefficient (Wildman–Crippen LogP) is 7.69. The Morgan fingerprint density at radius 3 is 2.29 bits per heavy atom. The van der Waals surface area contributed by atoms with Crippen molar-refractivity contribution in [1.29, 1.82) is 0 Å². The molecule has 0 heterocycles. The largest absolute Gasteiger partial charge is 0.456 e. The van der Waals surface area contributed by atoms with Crippen LogP contribution in [0.2, 0.25) is 0 Å². The molecule has 3 aromatic rings. The molecule has 1 aliphatic carbocycles. The van der Waals surface area contributed by atoms with E-state index < -0.39 is 59.4 Å². The number of halogens is 7. The van der Waals surface area contributed by atoms with E-state index in [-0.39, 0.29) is 28.7 Å². The number of aliphatic hydroxyl groups is 1. The summed E-state index contributed by atoms with van der Waals surface area (Å²) in [5.41, 5.74) is -2.74. The summed E-state index contributed by atoms with van der Waals surface area (Å²) in [6.45, 7) is 0.580. The van der Waals surface area contributed by atoms with Gasteiger partial charge in [-0.05, 0) is 85.3 Å². The number of rotatable bonds is 8.